The highest BCUT2D eigenvalue weighted by atomic mass is 32.2. The average Bonchev–Trinajstić information content (AvgIpc) is 3.11. The Kier molecular flexibility index (Phi) is 6.15. The summed E-state index contributed by atoms with van der Waals surface area (Å²) in [6.07, 6.45) is 3.40. The lowest BCUT2D eigenvalue weighted by Gasteiger charge is -2.13. The zero-order valence-electron chi connectivity index (χ0n) is 16.0. The minimum atomic E-state index is -0.0854. The number of aromatic nitrogens is 4. The number of ketones is 1. The monoisotopic (exact) mass is 400 g/mol. The minimum Gasteiger partial charge on any atom is -0.493 e. The molecule has 8 nitrogen and oxygen atoms in total. The number of carbonyl (C=O) groups excluding carboxylic acids is 1. The largest absolute Gasteiger partial charge is 0.493 e. The molecule has 2 heterocycles. The topological polar surface area (TPSA) is 88.4 Å². The van der Waals surface area contributed by atoms with Gasteiger partial charge in [-0.2, -0.15) is 0 Å². The molecule has 2 aromatic heterocycles. The fraction of sp³-hybridized carbons (Fsp3) is 0.263. The molecule has 146 valence electrons. The number of ether oxygens (including phenoxy) is 3. The predicted octanol–water partition coefficient (Wildman–Crippen LogP) is 2.88. The summed E-state index contributed by atoms with van der Waals surface area (Å²) in [6.45, 7) is 0. The molecular formula is C19H20N4O4S. The van der Waals surface area contributed by atoms with Gasteiger partial charge < -0.3 is 18.8 Å². The molecule has 0 aliphatic heterocycles. The normalized spacial score (nSPS) is 10.6. The van der Waals surface area contributed by atoms with Crippen LogP contribution in [0.15, 0.2) is 41.8 Å². The molecule has 0 saturated carbocycles. The van der Waals surface area contributed by atoms with Gasteiger partial charge in [0.05, 0.1) is 27.1 Å². The number of pyridine rings is 1. The number of Topliss-reactive ketones (excluding diaryl/α,β-unsaturated/α-hetero) is 1. The molecule has 3 rings (SSSR count). The van der Waals surface area contributed by atoms with E-state index in [1.165, 1.54) is 33.1 Å². The number of rotatable bonds is 8. The number of carbonyl (C=O) groups is 1. The standard InChI is InChI=1S/C19H20N4O4S/c1-23-18(12-5-7-20-8-6-12)21-22-19(23)28-11-14(24)13-9-15(25-2)17(27-4)16(10-13)26-3/h5-10H,11H2,1-4H3. The van der Waals surface area contributed by atoms with E-state index in [-0.39, 0.29) is 11.5 Å². The molecule has 28 heavy (non-hydrogen) atoms. The summed E-state index contributed by atoms with van der Waals surface area (Å²) in [5.74, 6) is 2.15. The molecular weight excluding hydrogens is 380 g/mol. The summed E-state index contributed by atoms with van der Waals surface area (Å²) >= 11 is 1.31. The molecule has 0 N–H and O–H groups in total. The maximum Gasteiger partial charge on any atom is 0.203 e. The first-order valence-corrected chi connectivity index (χ1v) is 9.33. The fourth-order valence-corrected chi connectivity index (χ4v) is 3.45. The van der Waals surface area contributed by atoms with Gasteiger partial charge in [0.2, 0.25) is 5.75 Å². The van der Waals surface area contributed by atoms with Crippen molar-refractivity contribution < 1.29 is 19.0 Å². The van der Waals surface area contributed by atoms with E-state index in [0.29, 0.717) is 33.8 Å². The highest BCUT2D eigenvalue weighted by Gasteiger charge is 2.18. The van der Waals surface area contributed by atoms with Crippen LogP contribution in [0.4, 0.5) is 0 Å². The first-order chi connectivity index (χ1) is 13.6. The van der Waals surface area contributed by atoms with E-state index < -0.39 is 0 Å². The van der Waals surface area contributed by atoms with Gasteiger partial charge in [0, 0.05) is 30.6 Å². The van der Waals surface area contributed by atoms with Crippen LogP contribution in [-0.2, 0) is 7.05 Å². The Labute approximate surface area is 166 Å². The van der Waals surface area contributed by atoms with E-state index in [1.54, 1.807) is 24.5 Å². The zero-order chi connectivity index (χ0) is 20.1. The first-order valence-electron chi connectivity index (χ1n) is 8.34. The molecule has 0 spiro atoms. The van der Waals surface area contributed by atoms with E-state index in [0.717, 1.165) is 5.56 Å². The van der Waals surface area contributed by atoms with E-state index in [9.17, 15) is 4.79 Å². The molecule has 0 saturated heterocycles. The fourth-order valence-electron chi connectivity index (χ4n) is 2.65. The first kappa shape index (κ1) is 19.7. The second-order valence-corrected chi connectivity index (χ2v) is 6.67. The van der Waals surface area contributed by atoms with Crippen LogP contribution in [0.1, 0.15) is 10.4 Å². The molecule has 0 bridgehead atoms. The van der Waals surface area contributed by atoms with Gasteiger partial charge in [-0.25, -0.2) is 0 Å². The summed E-state index contributed by atoms with van der Waals surface area (Å²) in [7, 11) is 6.41. The van der Waals surface area contributed by atoms with Crippen LogP contribution in [0.3, 0.4) is 0 Å². The van der Waals surface area contributed by atoms with Crippen LogP contribution >= 0.6 is 11.8 Å². The van der Waals surface area contributed by atoms with Crippen LogP contribution < -0.4 is 14.2 Å². The highest BCUT2D eigenvalue weighted by Crippen LogP contribution is 2.38. The Balaban J connectivity index is 1.77. The molecule has 0 fully saturated rings. The SMILES string of the molecule is COc1cc(C(=O)CSc2nnc(-c3ccncc3)n2C)cc(OC)c1OC. The third-order valence-electron chi connectivity index (χ3n) is 4.09. The number of nitrogens with zero attached hydrogens (tertiary/aromatic N) is 4. The Morgan fingerprint density at radius 1 is 1.04 bits per heavy atom. The number of hydrogen-bond donors (Lipinski definition) is 0. The van der Waals surface area contributed by atoms with Crippen molar-refractivity contribution in [2.24, 2.45) is 7.05 Å². The van der Waals surface area contributed by atoms with Crippen molar-refractivity contribution in [1.29, 1.82) is 0 Å². The number of thioether (sulfide) groups is 1. The molecule has 9 heteroatoms. The maximum absolute atomic E-state index is 12.7. The Hall–Kier alpha value is -3.07. The van der Waals surface area contributed by atoms with Crippen LogP contribution in [0.5, 0.6) is 17.2 Å². The summed E-state index contributed by atoms with van der Waals surface area (Å²) in [4.78, 5) is 16.7. The lowest BCUT2D eigenvalue weighted by molar-refractivity contribution is 0.102. The number of benzene rings is 1. The van der Waals surface area contributed by atoms with Gasteiger partial charge in [0.25, 0.3) is 0 Å². The highest BCUT2D eigenvalue weighted by molar-refractivity contribution is 7.99. The molecule has 1 aromatic carbocycles. The van der Waals surface area contributed by atoms with Gasteiger partial charge in [-0.3, -0.25) is 9.78 Å². The van der Waals surface area contributed by atoms with Crippen molar-refractivity contribution in [2.45, 2.75) is 5.16 Å². The van der Waals surface area contributed by atoms with Crippen LogP contribution in [0, 0.1) is 0 Å². The van der Waals surface area contributed by atoms with E-state index in [2.05, 4.69) is 15.2 Å². The zero-order valence-corrected chi connectivity index (χ0v) is 16.8. The molecule has 0 radical (unpaired) electrons. The van der Waals surface area contributed by atoms with Crippen LogP contribution in [0.25, 0.3) is 11.4 Å². The van der Waals surface area contributed by atoms with Crippen molar-refractivity contribution in [1.82, 2.24) is 19.7 Å². The van der Waals surface area contributed by atoms with Crippen LogP contribution in [0.2, 0.25) is 0 Å². The van der Waals surface area contributed by atoms with Crippen molar-refractivity contribution in [2.75, 3.05) is 27.1 Å². The summed E-state index contributed by atoms with van der Waals surface area (Å²) < 4.78 is 17.8. The Morgan fingerprint density at radius 2 is 1.68 bits per heavy atom. The van der Waals surface area contributed by atoms with Crippen molar-refractivity contribution in [3.8, 4) is 28.6 Å². The summed E-state index contributed by atoms with van der Waals surface area (Å²) in [5.41, 5.74) is 1.38. The lowest BCUT2D eigenvalue weighted by atomic mass is 10.1. The summed E-state index contributed by atoms with van der Waals surface area (Å²) in [5, 5.41) is 9.04. The van der Waals surface area contributed by atoms with Crippen molar-refractivity contribution in [3.63, 3.8) is 0 Å². The molecule has 0 atom stereocenters. The third-order valence-corrected chi connectivity index (χ3v) is 5.11. The maximum atomic E-state index is 12.7. The Morgan fingerprint density at radius 3 is 2.25 bits per heavy atom. The Bertz CT molecular complexity index is 950. The predicted molar refractivity (Wildman–Crippen MR) is 105 cm³/mol. The van der Waals surface area contributed by atoms with Crippen LogP contribution in [-0.4, -0.2) is 52.6 Å². The second kappa shape index (κ2) is 8.75. The summed E-state index contributed by atoms with van der Waals surface area (Å²) in [6, 6.07) is 7.01. The minimum absolute atomic E-state index is 0.0854. The quantitative estimate of drug-likeness (QED) is 0.421. The number of methoxy groups -OCH3 is 3. The van der Waals surface area contributed by atoms with Crippen molar-refractivity contribution in [3.05, 3.63) is 42.2 Å². The average molecular weight is 400 g/mol. The van der Waals surface area contributed by atoms with E-state index in [4.69, 9.17) is 14.2 Å². The molecule has 3 aromatic rings. The number of hydrogen-bond acceptors (Lipinski definition) is 8. The van der Waals surface area contributed by atoms with Crippen molar-refractivity contribution >= 4 is 17.5 Å². The molecule has 0 aliphatic carbocycles. The molecule has 0 amide bonds. The lowest BCUT2D eigenvalue weighted by Crippen LogP contribution is -2.06. The van der Waals surface area contributed by atoms with Gasteiger partial charge in [0.1, 0.15) is 0 Å². The third kappa shape index (κ3) is 3.94. The van der Waals surface area contributed by atoms with Gasteiger partial charge in [-0.15, -0.1) is 10.2 Å². The van der Waals surface area contributed by atoms with Gasteiger partial charge in [-0.1, -0.05) is 11.8 Å². The van der Waals surface area contributed by atoms with Gasteiger partial charge in [-0.05, 0) is 24.3 Å². The van der Waals surface area contributed by atoms with Gasteiger partial charge >= 0.3 is 0 Å². The molecule has 0 unspecified atom stereocenters. The molecule has 0 aliphatic rings. The van der Waals surface area contributed by atoms with E-state index >= 15 is 0 Å². The van der Waals surface area contributed by atoms with E-state index in [1.807, 2.05) is 23.7 Å². The second-order valence-electron chi connectivity index (χ2n) is 5.73. The van der Waals surface area contributed by atoms with Gasteiger partial charge in [0.15, 0.2) is 28.3 Å². The smallest absolute Gasteiger partial charge is 0.203 e.